The number of rotatable bonds is 1. The third kappa shape index (κ3) is 2.93. The molecule has 3 nitrogen and oxygen atoms in total. The van der Waals surface area contributed by atoms with Crippen molar-refractivity contribution in [3.8, 4) is 5.75 Å². The first-order chi connectivity index (χ1) is 5.88. The van der Waals surface area contributed by atoms with Crippen LogP contribution in [0, 0.1) is 5.41 Å². The van der Waals surface area contributed by atoms with Crippen LogP contribution < -0.4 is 5.43 Å². The SMILES string of the molecule is CC(C)(C)Cn1ccc(=O)c(O)c1. The fraction of sp³-hybridized carbons (Fsp3) is 0.500. The molecule has 1 aromatic rings. The summed E-state index contributed by atoms with van der Waals surface area (Å²) in [7, 11) is 0. The van der Waals surface area contributed by atoms with Crippen LogP contribution in [0.1, 0.15) is 20.8 Å². The molecule has 72 valence electrons. The zero-order chi connectivity index (χ0) is 10.1. The monoisotopic (exact) mass is 181 g/mol. The smallest absolute Gasteiger partial charge is 0.223 e. The van der Waals surface area contributed by atoms with Crippen LogP contribution in [-0.4, -0.2) is 9.67 Å². The minimum Gasteiger partial charge on any atom is -0.503 e. The molecule has 0 saturated carbocycles. The lowest BCUT2D eigenvalue weighted by atomic mass is 9.97. The van der Waals surface area contributed by atoms with Crippen molar-refractivity contribution in [3.05, 3.63) is 28.7 Å². The Balaban J connectivity index is 2.92. The lowest BCUT2D eigenvalue weighted by Gasteiger charge is -2.19. The maximum Gasteiger partial charge on any atom is 0.223 e. The molecule has 1 heterocycles. The Morgan fingerprint density at radius 2 is 2.08 bits per heavy atom. The minimum absolute atomic E-state index is 0.140. The van der Waals surface area contributed by atoms with Crippen molar-refractivity contribution in [2.45, 2.75) is 27.3 Å². The van der Waals surface area contributed by atoms with Crippen molar-refractivity contribution in [2.75, 3.05) is 0 Å². The third-order valence-corrected chi connectivity index (χ3v) is 1.61. The molecule has 0 unspecified atom stereocenters. The van der Waals surface area contributed by atoms with Crippen LogP contribution in [0.5, 0.6) is 5.75 Å². The molecule has 0 aromatic carbocycles. The Kier molecular flexibility index (Phi) is 2.45. The van der Waals surface area contributed by atoms with Gasteiger partial charge < -0.3 is 9.67 Å². The van der Waals surface area contributed by atoms with E-state index in [1.54, 1.807) is 6.20 Å². The number of aromatic hydroxyl groups is 1. The third-order valence-electron chi connectivity index (χ3n) is 1.61. The van der Waals surface area contributed by atoms with Crippen LogP contribution in [0.4, 0.5) is 0 Å². The van der Waals surface area contributed by atoms with Crippen LogP contribution in [-0.2, 0) is 6.54 Å². The van der Waals surface area contributed by atoms with Crippen LogP contribution in [0.3, 0.4) is 0 Å². The van der Waals surface area contributed by atoms with Gasteiger partial charge in [-0.1, -0.05) is 20.8 Å². The van der Waals surface area contributed by atoms with E-state index in [2.05, 4.69) is 20.8 Å². The van der Waals surface area contributed by atoms with E-state index >= 15 is 0 Å². The summed E-state index contributed by atoms with van der Waals surface area (Å²) in [6.07, 6.45) is 3.15. The second-order valence-electron chi connectivity index (χ2n) is 4.43. The average Bonchev–Trinajstić information content (AvgIpc) is 1.94. The maximum absolute atomic E-state index is 10.9. The standard InChI is InChI=1S/C10H15NO2/c1-10(2,3)7-11-5-4-8(12)9(13)6-11/h4-6,13H,7H2,1-3H3. The molecule has 0 aliphatic rings. The highest BCUT2D eigenvalue weighted by atomic mass is 16.3. The molecular weight excluding hydrogens is 166 g/mol. The van der Waals surface area contributed by atoms with E-state index in [9.17, 15) is 4.79 Å². The van der Waals surface area contributed by atoms with E-state index in [-0.39, 0.29) is 16.6 Å². The predicted octanol–water partition coefficient (Wildman–Crippen LogP) is 1.60. The zero-order valence-electron chi connectivity index (χ0n) is 8.24. The van der Waals surface area contributed by atoms with Crippen LogP contribution in [0.25, 0.3) is 0 Å². The van der Waals surface area contributed by atoms with Gasteiger partial charge in [-0.05, 0) is 5.41 Å². The summed E-state index contributed by atoms with van der Waals surface area (Å²) in [5, 5.41) is 9.16. The normalized spacial score (nSPS) is 11.6. The molecule has 0 saturated heterocycles. The molecule has 0 spiro atoms. The van der Waals surface area contributed by atoms with Gasteiger partial charge in [0, 0.05) is 25.0 Å². The van der Waals surface area contributed by atoms with Gasteiger partial charge in [0.2, 0.25) is 5.43 Å². The van der Waals surface area contributed by atoms with Gasteiger partial charge in [-0.15, -0.1) is 0 Å². The summed E-state index contributed by atoms with van der Waals surface area (Å²) >= 11 is 0. The summed E-state index contributed by atoms with van der Waals surface area (Å²) in [6, 6.07) is 1.38. The molecule has 0 atom stereocenters. The topological polar surface area (TPSA) is 42.2 Å². The fourth-order valence-electron chi connectivity index (χ4n) is 1.16. The molecule has 1 aromatic heterocycles. The Morgan fingerprint density at radius 3 is 2.54 bits per heavy atom. The van der Waals surface area contributed by atoms with E-state index < -0.39 is 0 Å². The van der Waals surface area contributed by atoms with Crippen LogP contribution in [0.2, 0.25) is 0 Å². The van der Waals surface area contributed by atoms with Gasteiger partial charge in [-0.25, -0.2) is 0 Å². The fourth-order valence-corrected chi connectivity index (χ4v) is 1.16. The Hall–Kier alpha value is -1.25. The average molecular weight is 181 g/mol. The summed E-state index contributed by atoms with van der Waals surface area (Å²) in [5.41, 5.74) is -0.188. The van der Waals surface area contributed by atoms with Gasteiger partial charge in [0.15, 0.2) is 5.75 Å². The largest absolute Gasteiger partial charge is 0.503 e. The van der Waals surface area contributed by atoms with E-state index in [4.69, 9.17) is 5.11 Å². The highest BCUT2D eigenvalue weighted by Gasteiger charge is 2.10. The molecule has 1 N–H and O–H groups in total. The van der Waals surface area contributed by atoms with E-state index in [0.29, 0.717) is 0 Å². The number of hydrogen-bond donors (Lipinski definition) is 1. The van der Waals surface area contributed by atoms with Crippen molar-refractivity contribution in [2.24, 2.45) is 5.41 Å². The van der Waals surface area contributed by atoms with E-state index in [1.807, 2.05) is 4.57 Å². The van der Waals surface area contributed by atoms with Gasteiger partial charge >= 0.3 is 0 Å². The van der Waals surface area contributed by atoms with Gasteiger partial charge in [0.1, 0.15) is 0 Å². The van der Waals surface area contributed by atoms with Gasteiger partial charge in [-0.2, -0.15) is 0 Å². The van der Waals surface area contributed by atoms with E-state index in [1.165, 1.54) is 12.3 Å². The van der Waals surface area contributed by atoms with Gasteiger partial charge in [-0.3, -0.25) is 4.79 Å². The van der Waals surface area contributed by atoms with E-state index in [0.717, 1.165) is 6.54 Å². The lowest BCUT2D eigenvalue weighted by Crippen LogP contribution is -2.16. The first-order valence-corrected chi connectivity index (χ1v) is 4.27. The second kappa shape index (κ2) is 3.24. The summed E-state index contributed by atoms with van der Waals surface area (Å²) in [5.74, 6) is -0.188. The lowest BCUT2D eigenvalue weighted by molar-refractivity contribution is 0.338. The van der Waals surface area contributed by atoms with Crippen LogP contribution in [0.15, 0.2) is 23.3 Å². The number of hydrogen-bond acceptors (Lipinski definition) is 2. The first kappa shape index (κ1) is 9.84. The highest BCUT2D eigenvalue weighted by molar-refractivity contribution is 5.15. The second-order valence-corrected chi connectivity index (χ2v) is 4.43. The molecule has 0 fully saturated rings. The van der Waals surface area contributed by atoms with Gasteiger partial charge in [0.25, 0.3) is 0 Å². The maximum atomic E-state index is 10.9. The summed E-state index contributed by atoms with van der Waals surface area (Å²) in [4.78, 5) is 10.9. The molecule has 0 aliphatic heterocycles. The quantitative estimate of drug-likeness (QED) is 0.715. The highest BCUT2D eigenvalue weighted by Crippen LogP contribution is 2.16. The first-order valence-electron chi connectivity index (χ1n) is 4.27. The van der Waals surface area contributed by atoms with Crippen molar-refractivity contribution in [1.29, 1.82) is 0 Å². The Labute approximate surface area is 77.6 Å². The Bertz CT molecular complexity index is 347. The van der Waals surface area contributed by atoms with Crippen LogP contribution >= 0.6 is 0 Å². The molecule has 13 heavy (non-hydrogen) atoms. The molecule has 3 heteroatoms. The molecular formula is C10H15NO2. The molecule has 0 amide bonds. The number of aromatic nitrogens is 1. The van der Waals surface area contributed by atoms with Crippen molar-refractivity contribution in [1.82, 2.24) is 4.57 Å². The van der Waals surface area contributed by atoms with Crippen molar-refractivity contribution in [3.63, 3.8) is 0 Å². The zero-order valence-corrected chi connectivity index (χ0v) is 8.24. The summed E-state index contributed by atoms with van der Waals surface area (Å²) in [6.45, 7) is 7.08. The van der Waals surface area contributed by atoms with Crippen molar-refractivity contribution < 1.29 is 5.11 Å². The molecule has 0 radical (unpaired) electrons. The molecule has 1 rings (SSSR count). The number of pyridine rings is 1. The van der Waals surface area contributed by atoms with Crippen molar-refractivity contribution >= 4 is 0 Å². The van der Waals surface area contributed by atoms with Gasteiger partial charge in [0.05, 0.1) is 0 Å². The minimum atomic E-state index is -0.329. The number of nitrogens with zero attached hydrogens (tertiary/aromatic N) is 1. The predicted molar refractivity (Wildman–Crippen MR) is 51.8 cm³/mol. The molecule has 0 aliphatic carbocycles. The molecule has 0 bridgehead atoms. The summed E-state index contributed by atoms with van der Waals surface area (Å²) < 4.78 is 1.82. The Morgan fingerprint density at radius 1 is 1.46 bits per heavy atom.